The maximum Gasteiger partial charge on any atom is 0.0247 e. The summed E-state index contributed by atoms with van der Waals surface area (Å²) in [6, 6.07) is 2.01. The van der Waals surface area contributed by atoms with Crippen molar-refractivity contribution in [2.45, 2.75) is 50.2 Å². The van der Waals surface area contributed by atoms with Crippen LogP contribution in [0.4, 0.5) is 0 Å². The molecule has 0 aromatic carbocycles. The lowest BCUT2D eigenvalue weighted by Crippen LogP contribution is -2.56. The fourth-order valence-corrected chi connectivity index (χ4v) is 2.68. The summed E-state index contributed by atoms with van der Waals surface area (Å²) in [7, 11) is 2.24. The van der Waals surface area contributed by atoms with E-state index in [0.717, 1.165) is 6.04 Å². The minimum Gasteiger partial charge on any atom is -0.326 e. The van der Waals surface area contributed by atoms with Crippen LogP contribution in [0, 0.1) is 0 Å². The highest BCUT2D eigenvalue weighted by molar-refractivity contribution is 5.85. The number of piperidine rings is 2. The Labute approximate surface area is 93.1 Å². The highest BCUT2D eigenvalue weighted by Gasteiger charge is 2.35. The van der Waals surface area contributed by atoms with E-state index in [4.69, 9.17) is 5.73 Å². The van der Waals surface area contributed by atoms with Crippen molar-refractivity contribution >= 4 is 24.8 Å². The molecule has 2 saturated heterocycles. The van der Waals surface area contributed by atoms with Crippen molar-refractivity contribution in [3.05, 3.63) is 0 Å². The molecule has 2 heterocycles. The standard InChI is InChI=1S/C9H18N2.2ClH/c1-11-7-3-2-4-9(11)8(10)6-5-7;;/h7-9H,2-6,10H2,1H3;2*1H. The van der Waals surface area contributed by atoms with Gasteiger partial charge < -0.3 is 5.73 Å². The molecule has 2 rings (SSSR count). The zero-order valence-corrected chi connectivity index (χ0v) is 9.74. The topological polar surface area (TPSA) is 29.3 Å². The fourth-order valence-electron chi connectivity index (χ4n) is 2.68. The van der Waals surface area contributed by atoms with Gasteiger partial charge in [0.25, 0.3) is 0 Å². The maximum atomic E-state index is 6.03. The lowest BCUT2D eigenvalue weighted by molar-refractivity contribution is 0.0522. The van der Waals surface area contributed by atoms with E-state index < -0.39 is 0 Å². The summed E-state index contributed by atoms with van der Waals surface area (Å²) in [6.07, 6.45) is 6.70. The first kappa shape index (κ1) is 13.5. The fraction of sp³-hybridized carbons (Fsp3) is 1.00. The van der Waals surface area contributed by atoms with Crippen LogP contribution in [0.5, 0.6) is 0 Å². The number of nitrogens with two attached hydrogens (primary N) is 1. The van der Waals surface area contributed by atoms with E-state index >= 15 is 0 Å². The van der Waals surface area contributed by atoms with Gasteiger partial charge in [0.15, 0.2) is 0 Å². The largest absolute Gasteiger partial charge is 0.326 e. The Bertz CT molecular complexity index is 155. The average Bonchev–Trinajstić information content (AvgIpc) is 1.98. The third-order valence-corrected chi connectivity index (χ3v) is 3.46. The molecule has 13 heavy (non-hydrogen) atoms. The van der Waals surface area contributed by atoms with Gasteiger partial charge in [-0.2, -0.15) is 0 Å². The summed E-state index contributed by atoms with van der Waals surface area (Å²) >= 11 is 0. The van der Waals surface area contributed by atoms with Crippen LogP contribution < -0.4 is 5.73 Å². The molecule has 0 aliphatic carbocycles. The molecule has 2 nitrogen and oxygen atoms in total. The van der Waals surface area contributed by atoms with Crippen LogP contribution in [-0.4, -0.2) is 30.1 Å². The lowest BCUT2D eigenvalue weighted by Gasteiger charge is -2.47. The molecule has 3 atom stereocenters. The van der Waals surface area contributed by atoms with E-state index in [0.29, 0.717) is 12.1 Å². The third-order valence-electron chi connectivity index (χ3n) is 3.46. The molecule has 2 aliphatic rings. The normalized spacial score (nSPS) is 38.8. The van der Waals surface area contributed by atoms with E-state index in [1.165, 1.54) is 32.1 Å². The summed E-state index contributed by atoms with van der Waals surface area (Å²) in [4.78, 5) is 2.51. The van der Waals surface area contributed by atoms with Gasteiger partial charge in [0.2, 0.25) is 0 Å². The van der Waals surface area contributed by atoms with Gasteiger partial charge in [-0.05, 0) is 32.7 Å². The van der Waals surface area contributed by atoms with Crippen molar-refractivity contribution in [2.75, 3.05) is 7.05 Å². The Morgan fingerprint density at radius 3 is 2.38 bits per heavy atom. The molecule has 0 amide bonds. The third kappa shape index (κ3) is 2.50. The Hall–Kier alpha value is 0.500. The van der Waals surface area contributed by atoms with E-state index in [9.17, 15) is 0 Å². The van der Waals surface area contributed by atoms with Crippen molar-refractivity contribution in [3.63, 3.8) is 0 Å². The molecule has 0 radical (unpaired) electrons. The predicted octanol–water partition coefficient (Wildman–Crippen LogP) is 1.80. The molecule has 2 aliphatic heterocycles. The van der Waals surface area contributed by atoms with E-state index in [-0.39, 0.29) is 24.8 Å². The van der Waals surface area contributed by atoms with Gasteiger partial charge in [0.1, 0.15) is 0 Å². The monoisotopic (exact) mass is 226 g/mol. The summed E-state index contributed by atoms with van der Waals surface area (Å²) in [6.45, 7) is 0. The number of rotatable bonds is 0. The molecule has 80 valence electrons. The summed E-state index contributed by atoms with van der Waals surface area (Å²) in [5.41, 5.74) is 6.03. The molecule has 2 N–H and O–H groups in total. The first-order chi connectivity index (χ1) is 5.29. The molecule has 2 bridgehead atoms. The van der Waals surface area contributed by atoms with Gasteiger partial charge in [0, 0.05) is 18.1 Å². The van der Waals surface area contributed by atoms with Crippen LogP contribution in [0.2, 0.25) is 0 Å². The highest BCUT2D eigenvalue weighted by atomic mass is 35.5. The second-order valence-corrected chi connectivity index (χ2v) is 4.06. The zero-order chi connectivity index (χ0) is 7.84. The zero-order valence-electron chi connectivity index (χ0n) is 8.11. The van der Waals surface area contributed by atoms with Crippen LogP contribution in [0.1, 0.15) is 32.1 Å². The lowest BCUT2D eigenvalue weighted by atomic mass is 9.82. The van der Waals surface area contributed by atoms with Crippen LogP contribution in [0.25, 0.3) is 0 Å². The molecule has 3 unspecified atom stereocenters. The second-order valence-electron chi connectivity index (χ2n) is 4.06. The van der Waals surface area contributed by atoms with E-state index in [1.54, 1.807) is 0 Å². The summed E-state index contributed by atoms with van der Waals surface area (Å²) in [5.74, 6) is 0. The maximum absolute atomic E-state index is 6.03. The second kappa shape index (κ2) is 5.40. The first-order valence-electron chi connectivity index (χ1n) is 4.76. The van der Waals surface area contributed by atoms with Crippen molar-refractivity contribution in [2.24, 2.45) is 5.73 Å². The predicted molar refractivity (Wildman–Crippen MR) is 60.9 cm³/mol. The van der Waals surface area contributed by atoms with Crippen LogP contribution in [0.15, 0.2) is 0 Å². The highest BCUT2D eigenvalue weighted by Crippen LogP contribution is 2.31. The van der Waals surface area contributed by atoms with Crippen LogP contribution >= 0.6 is 24.8 Å². The van der Waals surface area contributed by atoms with Crippen molar-refractivity contribution in [1.29, 1.82) is 0 Å². The summed E-state index contributed by atoms with van der Waals surface area (Å²) in [5, 5.41) is 0. The van der Waals surface area contributed by atoms with E-state index in [2.05, 4.69) is 11.9 Å². The van der Waals surface area contributed by atoms with E-state index in [1.807, 2.05) is 0 Å². The van der Waals surface area contributed by atoms with Gasteiger partial charge in [-0.15, -0.1) is 24.8 Å². The van der Waals surface area contributed by atoms with Crippen LogP contribution in [0.3, 0.4) is 0 Å². The number of hydrogen-bond donors (Lipinski definition) is 1. The quantitative estimate of drug-likeness (QED) is 0.683. The number of hydrogen-bond acceptors (Lipinski definition) is 2. The van der Waals surface area contributed by atoms with Crippen molar-refractivity contribution in [3.8, 4) is 0 Å². The Kier molecular flexibility index (Phi) is 5.61. The average molecular weight is 227 g/mol. The Morgan fingerprint density at radius 1 is 1.08 bits per heavy atom. The molecule has 0 aromatic rings. The summed E-state index contributed by atoms with van der Waals surface area (Å²) < 4.78 is 0. The number of nitrogens with zero attached hydrogens (tertiary/aromatic N) is 1. The number of fused-ring (bicyclic) bond motifs is 2. The number of halogens is 2. The minimum absolute atomic E-state index is 0. The van der Waals surface area contributed by atoms with Crippen LogP contribution in [-0.2, 0) is 0 Å². The van der Waals surface area contributed by atoms with Gasteiger partial charge in [-0.25, -0.2) is 0 Å². The molecular weight excluding hydrogens is 207 g/mol. The van der Waals surface area contributed by atoms with Gasteiger partial charge >= 0.3 is 0 Å². The first-order valence-corrected chi connectivity index (χ1v) is 4.76. The molecule has 0 saturated carbocycles. The Balaban J connectivity index is 0.000000720. The smallest absolute Gasteiger partial charge is 0.0247 e. The van der Waals surface area contributed by atoms with Gasteiger partial charge in [0.05, 0.1) is 0 Å². The molecule has 0 spiro atoms. The SMILES string of the molecule is CN1C2CCCC1C(N)CC2.Cl.Cl. The molecule has 4 heteroatoms. The molecule has 0 aromatic heterocycles. The van der Waals surface area contributed by atoms with Crippen molar-refractivity contribution in [1.82, 2.24) is 4.90 Å². The van der Waals surface area contributed by atoms with Gasteiger partial charge in [-0.3, -0.25) is 4.90 Å². The van der Waals surface area contributed by atoms with Crippen molar-refractivity contribution < 1.29 is 0 Å². The Morgan fingerprint density at radius 2 is 1.77 bits per heavy atom. The molecular formula is C9H20Cl2N2. The minimum atomic E-state index is 0. The number of likely N-dealkylation sites (N-methyl/N-ethyl adjacent to an activating group) is 1. The molecule has 2 fully saturated rings. The van der Waals surface area contributed by atoms with Gasteiger partial charge in [-0.1, -0.05) is 6.42 Å².